The van der Waals surface area contributed by atoms with Crippen molar-refractivity contribution >= 4 is 0 Å². The molecule has 0 bridgehead atoms. The van der Waals surface area contributed by atoms with E-state index in [-0.39, 0.29) is 6.79 Å². The number of H-pyrrole nitrogens is 1. The number of aromatic nitrogens is 2. The van der Waals surface area contributed by atoms with E-state index in [1.165, 1.54) is 0 Å². The number of hydrogen-bond acceptors (Lipinski definition) is 4. The fourth-order valence-corrected chi connectivity index (χ4v) is 2.19. The van der Waals surface area contributed by atoms with E-state index in [2.05, 4.69) is 10.2 Å². The van der Waals surface area contributed by atoms with Gasteiger partial charge in [0.15, 0.2) is 11.5 Å². The maximum absolute atomic E-state index is 5.64. The zero-order valence-electron chi connectivity index (χ0n) is 10.2. The van der Waals surface area contributed by atoms with Gasteiger partial charge in [0.2, 0.25) is 6.79 Å². The first-order valence-electron chi connectivity index (χ1n) is 5.93. The largest absolute Gasteiger partial charge is 0.454 e. The van der Waals surface area contributed by atoms with Gasteiger partial charge in [0, 0.05) is 16.8 Å². The summed E-state index contributed by atoms with van der Waals surface area (Å²) in [6, 6.07) is 5.86. The molecule has 1 aromatic carbocycles. The lowest BCUT2D eigenvalue weighted by molar-refractivity contribution is 0.174. The van der Waals surface area contributed by atoms with Crippen LogP contribution >= 0.6 is 0 Å². The number of ether oxygens (including phenoxy) is 2. The fraction of sp³-hybridized carbons (Fsp3) is 0.308. The molecule has 3 rings (SSSR count). The van der Waals surface area contributed by atoms with E-state index < -0.39 is 0 Å². The van der Waals surface area contributed by atoms with Crippen molar-refractivity contribution < 1.29 is 9.47 Å². The lowest BCUT2D eigenvalue weighted by Gasteiger charge is -2.04. The summed E-state index contributed by atoms with van der Waals surface area (Å²) in [5.41, 5.74) is 9.83. The minimum atomic E-state index is 0.286. The van der Waals surface area contributed by atoms with Crippen LogP contribution < -0.4 is 15.2 Å². The molecule has 0 spiro atoms. The minimum Gasteiger partial charge on any atom is -0.454 e. The molecule has 1 aliphatic rings. The molecule has 0 saturated heterocycles. The van der Waals surface area contributed by atoms with Crippen molar-refractivity contribution in [3.05, 3.63) is 29.5 Å². The van der Waals surface area contributed by atoms with E-state index in [0.29, 0.717) is 6.54 Å². The Balaban J connectivity index is 2.04. The van der Waals surface area contributed by atoms with Crippen molar-refractivity contribution in [2.75, 3.05) is 13.3 Å². The third kappa shape index (κ3) is 1.73. The van der Waals surface area contributed by atoms with Crippen LogP contribution in [0.25, 0.3) is 11.3 Å². The van der Waals surface area contributed by atoms with Crippen LogP contribution in [0.15, 0.2) is 18.2 Å². The van der Waals surface area contributed by atoms with E-state index in [1.807, 2.05) is 25.1 Å². The van der Waals surface area contributed by atoms with E-state index in [0.717, 1.165) is 40.4 Å². The zero-order valence-corrected chi connectivity index (χ0v) is 10.2. The van der Waals surface area contributed by atoms with Gasteiger partial charge in [-0.25, -0.2) is 0 Å². The molecule has 1 aromatic heterocycles. The smallest absolute Gasteiger partial charge is 0.231 e. The molecule has 0 aliphatic carbocycles. The van der Waals surface area contributed by atoms with Crippen molar-refractivity contribution in [1.82, 2.24) is 10.2 Å². The monoisotopic (exact) mass is 245 g/mol. The summed E-state index contributed by atoms with van der Waals surface area (Å²) in [7, 11) is 0. The first-order valence-corrected chi connectivity index (χ1v) is 5.93. The van der Waals surface area contributed by atoms with Gasteiger partial charge >= 0.3 is 0 Å². The Hall–Kier alpha value is -2.01. The average molecular weight is 245 g/mol. The lowest BCUT2D eigenvalue weighted by Crippen LogP contribution is -2.04. The maximum Gasteiger partial charge on any atom is 0.231 e. The molecular formula is C13H15N3O2. The Labute approximate surface area is 105 Å². The summed E-state index contributed by atoms with van der Waals surface area (Å²) < 4.78 is 10.7. The minimum absolute atomic E-state index is 0.286. The molecule has 3 N–H and O–H groups in total. The van der Waals surface area contributed by atoms with E-state index in [1.54, 1.807) is 0 Å². The molecule has 0 radical (unpaired) electrons. The molecule has 2 heterocycles. The number of hydrogen-bond donors (Lipinski definition) is 2. The number of nitrogens with two attached hydrogens (primary N) is 1. The molecule has 18 heavy (non-hydrogen) atoms. The number of nitrogens with zero attached hydrogens (tertiary/aromatic N) is 1. The molecular weight excluding hydrogens is 230 g/mol. The van der Waals surface area contributed by atoms with Gasteiger partial charge in [-0.15, -0.1) is 0 Å². The number of aryl methyl sites for hydroxylation is 1. The van der Waals surface area contributed by atoms with Crippen LogP contribution in [0.1, 0.15) is 11.3 Å². The van der Waals surface area contributed by atoms with E-state index >= 15 is 0 Å². The summed E-state index contributed by atoms with van der Waals surface area (Å²) in [6.07, 6.45) is 0.812. The second-order valence-corrected chi connectivity index (χ2v) is 4.28. The van der Waals surface area contributed by atoms with Gasteiger partial charge in [0.25, 0.3) is 0 Å². The highest BCUT2D eigenvalue weighted by Gasteiger charge is 2.17. The zero-order chi connectivity index (χ0) is 12.5. The highest BCUT2D eigenvalue weighted by atomic mass is 16.7. The Bertz CT molecular complexity index is 578. The van der Waals surface area contributed by atoms with Crippen LogP contribution in [-0.4, -0.2) is 23.5 Å². The van der Waals surface area contributed by atoms with E-state index in [4.69, 9.17) is 15.2 Å². The Kier molecular flexibility index (Phi) is 2.68. The third-order valence-electron chi connectivity index (χ3n) is 3.11. The van der Waals surface area contributed by atoms with Gasteiger partial charge in [0.05, 0.1) is 5.69 Å². The standard InChI is InChI=1S/C13H15N3O2/c1-8-10(4-5-14)13(16-15-8)9-2-3-11-12(6-9)18-7-17-11/h2-3,6H,4-5,7,14H2,1H3,(H,15,16). The van der Waals surface area contributed by atoms with Crippen LogP contribution in [0.3, 0.4) is 0 Å². The van der Waals surface area contributed by atoms with Gasteiger partial charge in [-0.2, -0.15) is 5.10 Å². The second kappa shape index (κ2) is 4.34. The summed E-state index contributed by atoms with van der Waals surface area (Å²) in [6.45, 7) is 2.90. The molecule has 2 aromatic rings. The molecule has 0 fully saturated rings. The number of fused-ring (bicyclic) bond motifs is 1. The molecule has 94 valence electrons. The summed E-state index contributed by atoms with van der Waals surface area (Å²) in [4.78, 5) is 0. The summed E-state index contributed by atoms with van der Waals surface area (Å²) >= 11 is 0. The third-order valence-corrected chi connectivity index (χ3v) is 3.11. The molecule has 0 saturated carbocycles. The number of aromatic amines is 1. The van der Waals surface area contributed by atoms with Gasteiger partial charge in [-0.1, -0.05) is 0 Å². The SMILES string of the molecule is Cc1[nH]nc(-c2ccc3c(c2)OCO3)c1CCN. The van der Waals surface area contributed by atoms with Crippen molar-refractivity contribution in [2.45, 2.75) is 13.3 Å². The predicted molar refractivity (Wildman–Crippen MR) is 67.6 cm³/mol. The predicted octanol–water partition coefficient (Wildman–Crippen LogP) is 1.62. The first kappa shape index (κ1) is 11.1. The second-order valence-electron chi connectivity index (χ2n) is 4.28. The lowest BCUT2D eigenvalue weighted by atomic mass is 10.0. The van der Waals surface area contributed by atoms with Gasteiger partial charge in [-0.05, 0) is 38.1 Å². The van der Waals surface area contributed by atoms with Crippen molar-refractivity contribution in [3.63, 3.8) is 0 Å². The summed E-state index contributed by atoms with van der Waals surface area (Å²) in [5.74, 6) is 1.55. The van der Waals surface area contributed by atoms with Crippen LogP contribution in [0, 0.1) is 6.92 Å². The molecule has 0 atom stereocenters. The van der Waals surface area contributed by atoms with Crippen molar-refractivity contribution in [1.29, 1.82) is 0 Å². The topological polar surface area (TPSA) is 73.2 Å². The van der Waals surface area contributed by atoms with Gasteiger partial charge in [0.1, 0.15) is 0 Å². The average Bonchev–Trinajstić information content (AvgIpc) is 2.97. The molecule has 1 aliphatic heterocycles. The highest BCUT2D eigenvalue weighted by molar-refractivity contribution is 5.67. The van der Waals surface area contributed by atoms with Crippen molar-refractivity contribution in [2.24, 2.45) is 5.73 Å². The molecule has 5 nitrogen and oxygen atoms in total. The summed E-state index contributed by atoms with van der Waals surface area (Å²) in [5, 5.41) is 7.36. The number of nitrogens with one attached hydrogen (secondary N) is 1. The molecule has 5 heteroatoms. The molecule has 0 unspecified atom stereocenters. The Morgan fingerprint density at radius 1 is 1.33 bits per heavy atom. The Morgan fingerprint density at radius 2 is 2.17 bits per heavy atom. The van der Waals surface area contributed by atoms with Crippen LogP contribution in [0.2, 0.25) is 0 Å². The van der Waals surface area contributed by atoms with Gasteiger partial charge < -0.3 is 15.2 Å². The quantitative estimate of drug-likeness (QED) is 0.861. The van der Waals surface area contributed by atoms with Crippen LogP contribution in [0.4, 0.5) is 0 Å². The van der Waals surface area contributed by atoms with E-state index in [9.17, 15) is 0 Å². The highest BCUT2D eigenvalue weighted by Crippen LogP contribution is 2.36. The normalized spacial score (nSPS) is 13.0. The fourth-order valence-electron chi connectivity index (χ4n) is 2.19. The number of benzene rings is 1. The number of rotatable bonds is 3. The molecule has 0 amide bonds. The van der Waals surface area contributed by atoms with Crippen molar-refractivity contribution in [3.8, 4) is 22.8 Å². The van der Waals surface area contributed by atoms with Gasteiger partial charge in [-0.3, -0.25) is 5.10 Å². The first-order chi connectivity index (χ1) is 8.79. The van der Waals surface area contributed by atoms with Crippen LogP contribution in [-0.2, 0) is 6.42 Å². The Morgan fingerprint density at radius 3 is 3.00 bits per heavy atom. The van der Waals surface area contributed by atoms with Crippen LogP contribution in [0.5, 0.6) is 11.5 Å². The maximum atomic E-state index is 5.64.